The Hall–Kier alpha value is -3.38. The summed E-state index contributed by atoms with van der Waals surface area (Å²) in [5, 5.41) is 10.8. The van der Waals surface area contributed by atoms with Crippen LogP contribution in [0.1, 0.15) is 44.4 Å². The van der Waals surface area contributed by atoms with Crippen LogP contribution in [-0.4, -0.2) is 59.4 Å². The van der Waals surface area contributed by atoms with Gasteiger partial charge in [-0.15, -0.1) is 0 Å². The highest BCUT2D eigenvalue weighted by Gasteiger charge is 2.42. The van der Waals surface area contributed by atoms with Gasteiger partial charge in [-0.1, -0.05) is 69.3 Å². The molecule has 0 aliphatic carbocycles. The van der Waals surface area contributed by atoms with E-state index < -0.39 is 17.7 Å². The number of ketones is 1. The Balaban J connectivity index is 1.93. The zero-order valence-corrected chi connectivity index (χ0v) is 20.2. The van der Waals surface area contributed by atoms with Crippen LogP contribution in [0, 0.1) is 0 Å². The van der Waals surface area contributed by atoms with Crippen molar-refractivity contribution < 1.29 is 19.4 Å². The van der Waals surface area contributed by atoms with E-state index in [0.29, 0.717) is 19.7 Å². The number of amides is 1. The Morgan fingerprint density at radius 3 is 2.35 bits per heavy atom. The molecule has 0 radical (unpaired) electrons. The molecule has 0 aromatic heterocycles. The molecule has 34 heavy (non-hydrogen) atoms. The number of aliphatic hydroxyl groups is 1. The second-order valence-electron chi connectivity index (χ2n) is 8.22. The van der Waals surface area contributed by atoms with E-state index in [2.05, 4.69) is 18.7 Å². The van der Waals surface area contributed by atoms with Crippen LogP contribution in [-0.2, 0) is 9.59 Å². The van der Waals surface area contributed by atoms with E-state index >= 15 is 0 Å². The van der Waals surface area contributed by atoms with E-state index in [1.807, 2.05) is 61.5 Å². The molecule has 0 saturated carbocycles. The molecule has 1 N–H and O–H groups in total. The summed E-state index contributed by atoms with van der Waals surface area (Å²) >= 11 is 0. The molecule has 1 amide bonds. The minimum absolute atomic E-state index is 0.110. The summed E-state index contributed by atoms with van der Waals surface area (Å²) in [6.07, 6.45) is 4.03. The molecule has 1 aliphatic rings. The van der Waals surface area contributed by atoms with Gasteiger partial charge >= 0.3 is 0 Å². The van der Waals surface area contributed by atoms with Gasteiger partial charge in [-0.2, -0.15) is 0 Å². The number of hydrogen-bond acceptors (Lipinski definition) is 5. The molecule has 0 fully saturated rings. The van der Waals surface area contributed by atoms with Gasteiger partial charge in [0.2, 0.25) is 0 Å². The fourth-order valence-electron chi connectivity index (χ4n) is 4.06. The lowest BCUT2D eigenvalue weighted by Gasteiger charge is -2.29. The maximum atomic E-state index is 13.2. The third-order valence-corrected chi connectivity index (χ3v) is 6.02. The van der Waals surface area contributed by atoms with Crippen molar-refractivity contribution in [2.45, 2.75) is 33.2 Å². The summed E-state index contributed by atoms with van der Waals surface area (Å²) in [5.41, 5.74) is 1.74. The van der Waals surface area contributed by atoms with Crippen LogP contribution in [0.15, 0.2) is 72.0 Å². The number of ether oxygens (including phenoxy) is 1. The van der Waals surface area contributed by atoms with Gasteiger partial charge in [0.1, 0.15) is 5.75 Å². The van der Waals surface area contributed by atoms with Gasteiger partial charge in [0.15, 0.2) is 11.5 Å². The highest BCUT2D eigenvalue weighted by Crippen LogP contribution is 2.38. The molecule has 1 atom stereocenters. The molecule has 6 heteroatoms. The minimum Gasteiger partial charge on any atom is -0.503 e. The lowest BCUT2D eigenvalue weighted by molar-refractivity contribution is -0.129. The first kappa shape index (κ1) is 25.2. The molecule has 0 bridgehead atoms. The Labute approximate surface area is 202 Å². The Bertz CT molecular complexity index is 1020. The van der Waals surface area contributed by atoms with E-state index in [4.69, 9.17) is 4.74 Å². The van der Waals surface area contributed by atoms with Crippen molar-refractivity contribution in [1.82, 2.24) is 9.80 Å². The Morgan fingerprint density at radius 2 is 1.74 bits per heavy atom. The third kappa shape index (κ3) is 5.94. The van der Waals surface area contributed by atoms with Crippen LogP contribution in [0.3, 0.4) is 0 Å². The van der Waals surface area contributed by atoms with Crippen molar-refractivity contribution in [3.63, 3.8) is 0 Å². The number of allylic oxidation sites excluding steroid dienone is 1. The summed E-state index contributed by atoms with van der Waals surface area (Å²) in [4.78, 5) is 30.1. The second-order valence-corrected chi connectivity index (χ2v) is 8.22. The fraction of sp³-hybridized carbons (Fsp3) is 0.357. The largest absolute Gasteiger partial charge is 0.503 e. The zero-order chi connectivity index (χ0) is 24.5. The minimum atomic E-state index is -0.656. The van der Waals surface area contributed by atoms with Crippen molar-refractivity contribution in [2.24, 2.45) is 0 Å². The third-order valence-electron chi connectivity index (χ3n) is 6.02. The molecular weight excluding hydrogens is 428 g/mol. The van der Waals surface area contributed by atoms with Gasteiger partial charge in [0, 0.05) is 13.1 Å². The molecule has 1 aliphatic heterocycles. The monoisotopic (exact) mass is 462 g/mol. The number of carbonyl (C=O) groups excluding carboxylic acids is 2. The first-order valence-electron chi connectivity index (χ1n) is 12.0. The molecule has 2 aromatic rings. The number of likely N-dealkylation sites (N-methyl/N-ethyl adjacent to an activating group) is 1. The first-order valence-corrected chi connectivity index (χ1v) is 12.0. The van der Waals surface area contributed by atoms with Gasteiger partial charge in [-0.3, -0.25) is 9.59 Å². The van der Waals surface area contributed by atoms with E-state index in [0.717, 1.165) is 36.4 Å². The normalized spacial score (nSPS) is 16.2. The lowest BCUT2D eigenvalue weighted by atomic mass is 9.95. The maximum absolute atomic E-state index is 13.2. The van der Waals surface area contributed by atoms with E-state index in [1.165, 1.54) is 6.08 Å². The van der Waals surface area contributed by atoms with Crippen molar-refractivity contribution in [2.75, 3.05) is 32.8 Å². The predicted molar refractivity (Wildman–Crippen MR) is 135 cm³/mol. The van der Waals surface area contributed by atoms with Gasteiger partial charge < -0.3 is 19.6 Å². The summed E-state index contributed by atoms with van der Waals surface area (Å²) in [5.74, 6) is -0.635. The second kappa shape index (κ2) is 12.2. The topological polar surface area (TPSA) is 70.1 Å². The molecule has 1 heterocycles. The van der Waals surface area contributed by atoms with Crippen LogP contribution < -0.4 is 4.74 Å². The van der Waals surface area contributed by atoms with Crippen LogP contribution >= 0.6 is 0 Å². The molecule has 6 nitrogen and oxygen atoms in total. The molecule has 2 aromatic carbocycles. The number of rotatable bonds is 12. The standard InChI is InChI=1S/C28H34N2O4/c1-4-20-34-23-15-13-22(14-16-23)26-25(24(31)17-12-21-10-8-7-9-11-21)27(32)28(33)30(26)19-18-29(5-2)6-3/h7-17,26,32H,4-6,18-20H2,1-3H3/b17-12+. The van der Waals surface area contributed by atoms with Crippen molar-refractivity contribution in [3.05, 3.63) is 83.1 Å². The van der Waals surface area contributed by atoms with Crippen LogP contribution in [0.25, 0.3) is 6.08 Å². The van der Waals surface area contributed by atoms with Gasteiger partial charge in [-0.05, 0) is 48.8 Å². The zero-order valence-electron chi connectivity index (χ0n) is 20.2. The van der Waals surface area contributed by atoms with E-state index in [9.17, 15) is 14.7 Å². The number of carbonyl (C=O) groups is 2. The quantitative estimate of drug-likeness (QED) is 0.459. The average Bonchev–Trinajstić information content (AvgIpc) is 3.12. The van der Waals surface area contributed by atoms with Crippen molar-refractivity contribution in [1.29, 1.82) is 0 Å². The van der Waals surface area contributed by atoms with Crippen LogP contribution in [0.5, 0.6) is 5.75 Å². The van der Waals surface area contributed by atoms with Gasteiger partial charge in [0.25, 0.3) is 5.91 Å². The van der Waals surface area contributed by atoms with Crippen LogP contribution in [0.2, 0.25) is 0 Å². The first-order chi connectivity index (χ1) is 16.5. The Kier molecular flexibility index (Phi) is 9.05. The smallest absolute Gasteiger partial charge is 0.290 e. The van der Waals surface area contributed by atoms with Crippen LogP contribution in [0.4, 0.5) is 0 Å². The molecule has 0 saturated heterocycles. The Morgan fingerprint density at radius 1 is 1.06 bits per heavy atom. The van der Waals surface area contributed by atoms with Gasteiger partial charge in [-0.25, -0.2) is 0 Å². The number of aliphatic hydroxyl groups excluding tert-OH is 1. The molecule has 180 valence electrons. The molecule has 0 spiro atoms. The summed E-state index contributed by atoms with van der Waals surface area (Å²) in [7, 11) is 0. The SMILES string of the molecule is CCCOc1ccc(C2C(C(=O)/C=C/c3ccccc3)=C(O)C(=O)N2CCN(CC)CC)cc1. The van der Waals surface area contributed by atoms with Crippen molar-refractivity contribution in [3.8, 4) is 5.75 Å². The number of nitrogens with zero attached hydrogens (tertiary/aromatic N) is 2. The summed E-state index contributed by atoms with van der Waals surface area (Å²) in [6.45, 7) is 9.58. The molecule has 3 rings (SSSR count). The highest BCUT2D eigenvalue weighted by molar-refractivity contribution is 6.14. The number of benzene rings is 2. The summed E-state index contributed by atoms with van der Waals surface area (Å²) in [6, 6.07) is 16.2. The lowest BCUT2D eigenvalue weighted by Crippen LogP contribution is -2.38. The van der Waals surface area contributed by atoms with Gasteiger partial charge in [0.05, 0.1) is 18.2 Å². The van der Waals surface area contributed by atoms with E-state index in [1.54, 1.807) is 11.0 Å². The molecular formula is C28H34N2O4. The molecule has 1 unspecified atom stereocenters. The average molecular weight is 463 g/mol. The fourth-order valence-corrected chi connectivity index (χ4v) is 4.06. The number of hydrogen-bond donors (Lipinski definition) is 1. The van der Waals surface area contributed by atoms with E-state index in [-0.39, 0.29) is 11.4 Å². The predicted octanol–water partition coefficient (Wildman–Crippen LogP) is 4.80. The highest BCUT2D eigenvalue weighted by atomic mass is 16.5. The van der Waals surface area contributed by atoms with Crippen molar-refractivity contribution >= 4 is 17.8 Å². The maximum Gasteiger partial charge on any atom is 0.290 e. The summed E-state index contributed by atoms with van der Waals surface area (Å²) < 4.78 is 5.69.